The highest BCUT2D eigenvalue weighted by Crippen LogP contribution is 2.32. The molecule has 2 aromatic rings. The number of rotatable bonds is 4. The van der Waals surface area contributed by atoms with Crippen molar-refractivity contribution in [1.29, 1.82) is 0 Å². The largest absolute Gasteiger partial charge is 0.480 e. The van der Waals surface area contributed by atoms with Gasteiger partial charge in [-0.15, -0.1) is 11.3 Å². The van der Waals surface area contributed by atoms with E-state index in [1.807, 2.05) is 0 Å². The van der Waals surface area contributed by atoms with Crippen molar-refractivity contribution in [2.45, 2.75) is 38.1 Å². The normalized spacial score (nSPS) is 16.6. The molecule has 1 aliphatic rings. The van der Waals surface area contributed by atoms with E-state index < -0.39 is 17.4 Å². The molecule has 0 unspecified atom stereocenters. The van der Waals surface area contributed by atoms with Gasteiger partial charge in [0.15, 0.2) is 10.8 Å². The molecule has 0 saturated heterocycles. The Morgan fingerprint density at radius 3 is 2.73 bits per heavy atom. The van der Waals surface area contributed by atoms with Crippen LogP contribution in [0.15, 0.2) is 22.8 Å². The van der Waals surface area contributed by atoms with Gasteiger partial charge in [0.05, 0.1) is 6.26 Å². The molecule has 1 aliphatic carbocycles. The second-order valence-electron chi connectivity index (χ2n) is 5.45. The molecule has 2 N–H and O–H groups in total. The second-order valence-corrected chi connectivity index (χ2v) is 6.65. The Labute approximate surface area is 131 Å². The van der Waals surface area contributed by atoms with Crippen LogP contribution in [0.4, 0.5) is 0 Å². The highest BCUT2D eigenvalue weighted by molar-refractivity contribution is 7.15. The number of amides is 1. The van der Waals surface area contributed by atoms with Crippen molar-refractivity contribution < 1.29 is 19.1 Å². The standard InChI is InChI=1S/C15H16N2O4S/c1-9-11(16-13(22-9)10-5-4-8-21-10)12(18)17-15(14(19)20)6-2-3-7-15/h4-5,8H,2-3,6-7H2,1H3,(H,17,18)(H,19,20). The fraction of sp³-hybridized carbons (Fsp3) is 0.400. The first-order chi connectivity index (χ1) is 10.5. The molecule has 1 amide bonds. The van der Waals surface area contributed by atoms with Gasteiger partial charge in [0, 0.05) is 4.88 Å². The smallest absolute Gasteiger partial charge is 0.329 e. The van der Waals surface area contributed by atoms with Crippen LogP contribution >= 0.6 is 11.3 Å². The molecule has 2 heterocycles. The molecule has 0 atom stereocenters. The Kier molecular flexibility index (Phi) is 3.74. The molecular formula is C15H16N2O4S. The van der Waals surface area contributed by atoms with E-state index in [1.165, 1.54) is 11.3 Å². The van der Waals surface area contributed by atoms with Crippen LogP contribution in [0.2, 0.25) is 0 Å². The molecule has 0 spiro atoms. The zero-order valence-electron chi connectivity index (χ0n) is 12.1. The van der Waals surface area contributed by atoms with E-state index >= 15 is 0 Å². The first-order valence-electron chi connectivity index (χ1n) is 7.09. The lowest BCUT2D eigenvalue weighted by atomic mass is 9.97. The fourth-order valence-electron chi connectivity index (χ4n) is 2.76. The number of carboxylic acid groups (broad SMARTS) is 1. The molecule has 0 radical (unpaired) electrons. The molecule has 6 nitrogen and oxygen atoms in total. The summed E-state index contributed by atoms with van der Waals surface area (Å²) >= 11 is 1.35. The Hall–Kier alpha value is -2.15. The quantitative estimate of drug-likeness (QED) is 0.903. The van der Waals surface area contributed by atoms with E-state index in [4.69, 9.17) is 4.42 Å². The van der Waals surface area contributed by atoms with Crippen molar-refractivity contribution in [3.63, 3.8) is 0 Å². The van der Waals surface area contributed by atoms with E-state index in [2.05, 4.69) is 10.3 Å². The van der Waals surface area contributed by atoms with E-state index in [0.29, 0.717) is 23.6 Å². The zero-order chi connectivity index (χ0) is 15.7. The van der Waals surface area contributed by atoms with Crippen LogP contribution in [-0.2, 0) is 4.79 Å². The monoisotopic (exact) mass is 320 g/mol. The predicted octanol–water partition coefficient (Wildman–Crippen LogP) is 2.84. The summed E-state index contributed by atoms with van der Waals surface area (Å²) in [7, 11) is 0. The van der Waals surface area contributed by atoms with Gasteiger partial charge >= 0.3 is 5.97 Å². The third-order valence-electron chi connectivity index (χ3n) is 3.96. The first kappa shape index (κ1) is 14.8. The van der Waals surface area contributed by atoms with E-state index in [-0.39, 0.29) is 5.69 Å². The molecular weight excluding hydrogens is 304 g/mol. The molecule has 7 heteroatoms. The topological polar surface area (TPSA) is 92.4 Å². The van der Waals surface area contributed by atoms with Crippen LogP contribution in [0, 0.1) is 6.92 Å². The number of aliphatic carboxylic acids is 1. The number of aryl methyl sites for hydroxylation is 1. The number of carbonyl (C=O) groups excluding carboxylic acids is 1. The summed E-state index contributed by atoms with van der Waals surface area (Å²) in [5.41, 5.74) is -0.887. The van der Waals surface area contributed by atoms with Gasteiger partial charge in [-0.05, 0) is 31.9 Å². The minimum absolute atomic E-state index is 0.268. The first-order valence-corrected chi connectivity index (χ1v) is 7.91. The number of hydrogen-bond donors (Lipinski definition) is 2. The summed E-state index contributed by atoms with van der Waals surface area (Å²) in [4.78, 5) is 29.0. The van der Waals surface area contributed by atoms with E-state index in [9.17, 15) is 14.7 Å². The number of furan rings is 1. The zero-order valence-corrected chi connectivity index (χ0v) is 12.9. The average Bonchev–Trinajstić information content (AvgIpc) is 3.17. The van der Waals surface area contributed by atoms with Gasteiger partial charge in [-0.1, -0.05) is 12.8 Å². The van der Waals surface area contributed by atoms with Crippen LogP contribution in [0.25, 0.3) is 10.8 Å². The highest BCUT2D eigenvalue weighted by atomic mass is 32.1. The van der Waals surface area contributed by atoms with Crippen molar-refractivity contribution in [3.8, 4) is 10.8 Å². The second kappa shape index (κ2) is 5.57. The van der Waals surface area contributed by atoms with Crippen molar-refractivity contribution >= 4 is 23.2 Å². The van der Waals surface area contributed by atoms with Crippen LogP contribution < -0.4 is 5.32 Å². The summed E-state index contributed by atoms with van der Waals surface area (Å²) in [6, 6.07) is 3.53. The highest BCUT2D eigenvalue weighted by Gasteiger charge is 2.43. The third kappa shape index (κ3) is 2.52. The number of thiazole rings is 1. The maximum absolute atomic E-state index is 12.5. The van der Waals surface area contributed by atoms with Gasteiger partial charge in [-0.25, -0.2) is 9.78 Å². The van der Waals surface area contributed by atoms with Crippen molar-refractivity contribution in [1.82, 2.24) is 10.3 Å². The Bertz CT molecular complexity index is 699. The van der Waals surface area contributed by atoms with Crippen LogP contribution in [0.5, 0.6) is 0 Å². The van der Waals surface area contributed by atoms with Gasteiger partial charge in [0.2, 0.25) is 0 Å². The fourth-order valence-corrected chi connectivity index (χ4v) is 3.64. The van der Waals surface area contributed by atoms with Crippen LogP contribution in [0.3, 0.4) is 0 Å². The lowest BCUT2D eigenvalue weighted by Gasteiger charge is -2.24. The minimum Gasteiger partial charge on any atom is -0.480 e. The number of nitrogens with zero attached hydrogens (tertiary/aromatic N) is 1. The molecule has 0 aliphatic heterocycles. The summed E-state index contributed by atoms with van der Waals surface area (Å²) in [5, 5.41) is 12.7. The molecule has 3 rings (SSSR count). The molecule has 22 heavy (non-hydrogen) atoms. The van der Waals surface area contributed by atoms with Gasteiger partial charge < -0.3 is 14.8 Å². The Morgan fingerprint density at radius 1 is 1.41 bits per heavy atom. The lowest BCUT2D eigenvalue weighted by molar-refractivity contribution is -0.144. The minimum atomic E-state index is -1.15. The number of carboxylic acids is 1. The molecule has 2 aromatic heterocycles. The average molecular weight is 320 g/mol. The van der Waals surface area contributed by atoms with Gasteiger partial charge in [0.1, 0.15) is 11.2 Å². The molecule has 116 valence electrons. The summed E-state index contributed by atoms with van der Waals surface area (Å²) in [5.74, 6) is -0.811. The van der Waals surface area contributed by atoms with Gasteiger partial charge in [-0.3, -0.25) is 4.79 Å². The molecule has 1 fully saturated rings. The van der Waals surface area contributed by atoms with E-state index in [1.54, 1.807) is 25.3 Å². The predicted molar refractivity (Wildman–Crippen MR) is 80.9 cm³/mol. The van der Waals surface area contributed by atoms with Crippen LogP contribution in [-0.4, -0.2) is 27.5 Å². The molecule has 1 saturated carbocycles. The Balaban J connectivity index is 1.85. The summed E-state index contributed by atoms with van der Waals surface area (Å²) in [6.07, 6.45) is 4.08. The number of nitrogens with one attached hydrogen (secondary N) is 1. The van der Waals surface area contributed by atoms with Crippen molar-refractivity contribution in [2.24, 2.45) is 0 Å². The van der Waals surface area contributed by atoms with E-state index in [0.717, 1.165) is 17.7 Å². The number of hydrogen-bond acceptors (Lipinski definition) is 5. The summed E-state index contributed by atoms with van der Waals surface area (Å²) in [6.45, 7) is 1.79. The van der Waals surface area contributed by atoms with Gasteiger partial charge in [-0.2, -0.15) is 0 Å². The molecule has 0 bridgehead atoms. The maximum Gasteiger partial charge on any atom is 0.329 e. The number of aromatic nitrogens is 1. The third-order valence-corrected chi connectivity index (χ3v) is 4.95. The maximum atomic E-state index is 12.5. The SMILES string of the molecule is Cc1sc(-c2ccco2)nc1C(=O)NC1(C(=O)O)CCCC1. The summed E-state index contributed by atoms with van der Waals surface area (Å²) < 4.78 is 5.28. The van der Waals surface area contributed by atoms with Crippen LogP contribution in [0.1, 0.15) is 41.0 Å². The number of carbonyl (C=O) groups is 2. The van der Waals surface area contributed by atoms with Crippen molar-refractivity contribution in [3.05, 3.63) is 29.0 Å². The Morgan fingerprint density at radius 2 is 2.14 bits per heavy atom. The van der Waals surface area contributed by atoms with Gasteiger partial charge in [0.25, 0.3) is 5.91 Å². The lowest BCUT2D eigenvalue weighted by Crippen LogP contribution is -2.52. The molecule has 0 aromatic carbocycles. The van der Waals surface area contributed by atoms with Crippen molar-refractivity contribution in [2.75, 3.05) is 0 Å².